The third kappa shape index (κ3) is 5.63. The number of benzene rings is 1. The first-order chi connectivity index (χ1) is 8.40. The van der Waals surface area contributed by atoms with Gasteiger partial charge in [-0.05, 0) is 62.8 Å². The summed E-state index contributed by atoms with van der Waals surface area (Å²) in [4.78, 5) is 0. The van der Waals surface area contributed by atoms with E-state index in [-0.39, 0.29) is 5.60 Å². The molecule has 0 aliphatic carbocycles. The van der Waals surface area contributed by atoms with Gasteiger partial charge in [0.2, 0.25) is 0 Å². The Labute approximate surface area is 113 Å². The largest absolute Gasteiger partial charge is 0.488 e. The van der Waals surface area contributed by atoms with Crippen molar-refractivity contribution in [3.63, 3.8) is 0 Å². The lowest BCUT2D eigenvalue weighted by atomic mass is 10.2. The topological polar surface area (TPSA) is 45.7 Å². The molecule has 98 valence electrons. The zero-order valence-electron chi connectivity index (χ0n) is 11.2. The minimum atomic E-state index is -0.184. The van der Waals surface area contributed by atoms with E-state index in [1.807, 2.05) is 45.0 Å². The van der Waals surface area contributed by atoms with Gasteiger partial charge in [0, 0.05) is 7.05 Å². The third-order valence-electron chi connectivity index (χ3n) is 1.91. The Morgan fingerprint density at radius 2 is 1.89 bits per heavy atom. The molecule has 0 aliphatic heterocycles. The lowest BCUT2D eigenvalue weighted by Gasteiger charge is -2.21. The number of nitrogens with one attached hydrogen (secondary N) is 2. The molecule has 0 amide bonds. The lowest BCUT2D eigenvalue weighted by molar-refractivity contribution is 0.131. The molecule has 0 saturated carbocycles. The summed E-state index contributed by atoms with van der Waals surface area (Å²) in [6.45, 7) is 6.06. The fourth-order valence-electron chi connectivity index (χ4n) is 1.20. The first kappa shape index (κ1) is 14.4. The van der Waals surface area contributed by atoms with Crippen LogP contribution in [0.15, 0.2) is 29.4 Å². The van der Waals surface area contributed by atoms with Crippen molar-refractivity contribution in [2.75, 3.05) is 7.05 Å². The first-order valence-electron chi connectivity index (χ1n) is 5.70. The molecule has 0 spiro atoms. The highest BCUT2D eigenvalue weighted by atomic mass is 32.1. The van der Waals surface area contributed by atoms with Gasteiger partial charge in [-0.3, -0.25) is 5.43 Å². The minimum Gasteiger partial charge on any atom is -0.488 e. The molecule has 0 aromatic heterocycles. The van der Waals surface area contributed by atoms with Crippen molar-refractivity contribution in [2.24, 2.45) is 5.10 Å². The van der Waals surface area contributed by atoms with E-state index in [4.69, 9.17) is 17.0 Å². The second-order valence-corrected chi connectivity index (χ2v) is 5.14. The highest BCUT2D eigenvalue weighted by molar-refractivity contribution is 7.80. The molecule has 0 atom stereocenters. The van der Waals surface area contributed by atoms with E-state index >= 15 is 0 Å². The zero-order valence-corrected chi connectivity index (χ0v) is 12.0. The Morgan fingerprint density at radius 1 is 1.28 bits per heavy atom. The van der Waals surface area contributed by atoms with E-state index < -0.39 is 0 Å². The predicted molar refractivity (Wildman–Crippen MR) is 79.2 cm³/mol. The summed E-state index contributed by atoms with van der Waals surface area (Å²) in [5, 5.41) is 7.25. The van der Waals surface area contributed by atoms with Gasteiger partial charge in [-0.2, -0.15) is 5.10 Å². The summed E-state index contributed by atoms with van der Waals surface area (Å²) in [6.07, 6.45) is 1.70. The normalized spacial score (nSPS) is 11.3. The van der Waals surface area contributed by atoms with Gasteiger partial charge in [-0.1, -0.05) is 0 Å². The second kappa shape index (κ2) is 6.35. The average Bonchev–Trinajstić information content (AvgIpc) is 2.29. The van der Waals surface area contributed by atoms with Crippen LogP contribution >= 0.6 is 12.2 Å². The number of rotatable bonds is 3. The van der Waals surface area contributed by atoms with Gasteiger partial charge < -0.3 is 10.1 Å². The van der Waals surface area contributed by atoms with Crippen molar-refractivity contribution >= 4 is 23.5 Å². The fourth-order valence-corrected chi connectivity index (χ4v) is 1.25. The van der Waals surface area contributed by atoms with Crippen molar-refractivity contribution in [1.82, 2.24) is 10.7 Å². The average molecular weight is 265 g/mol. The molecule has 4 nitrogen and oxygen atoms in total. The molecule has 0 aliphatic rings. The molecule has 1 aromatic rings. The summed E-state index contributed by atoms with van der Waals surface area (Å²) in [6, 6.07) is 7.72. The summed E-state index contributed by atoms with van der Waals surface area (Å²) in [7, 11) is 1.74. The smallest absolute Gasteiger partial charge is 0.186 e. The Hall–Kier alpha value is -1.62. The minimum absolute atomic E-state index is 0.184. The van der Waals surface area contributed by atoms with Gasteiger partial charge in [-0.15, -0.1) is 0 Å². The van der Waals surface area contributed by atoms with Crippen LogP contribution in [0, 0.1) is 0 Å². The molecular weight excluding hydrogens is 246 g/mol. The maximum atomic E-state index is 5.73. The van der Waals surface area contributed by atoms with Gasteiger partial charge in [0.05, 0.1) is 6.21 Å². The second-order valence-electron chi connectivity index (χ2n) is 4.73. The molecule has 5 heteroatoms. The molecule has 18 heavy (non-hydrogen) atoms. The van der Waals surface area contributed by atoms with Crippen LogP contribution in [0.3, 0.4) is 0 Å². The monoisotopic (exact) mass is 265 g/mol. The first-order valence-corrected chi connectivity index (χ1v) is 6.11. The quantitative estimate of drug-likeness (QED) is 0.500. The molecule has 0 heterocycles. The SMILES string of the molecule is CNC(=S)N/N=C/c1ccc(OC(C)(C)C)cc1. The van der Waals surface area contributed by atoms with Crippen LogP contribution < -0.4 is 15.5 Å². The molecular formula is C13H19N3OS. The zero-order chi connectivity index (χ0) is 13.6. The van der Waals surface area contributed by atoms with Crippen LogP contribution in [0.5, 0.6) is 5.75 Å². The van der Waals surface area contributed by atoms with Crippen LogP contribution in [0.4, 0.5) is 0 Å². The summed E-state index contributed by atoms with van der Waals surface area (Å²) in [5.41, 5.74) is 3.48. The van der Waals surface area contributed by atoms with E-state index in [9.17, 15) is 0 Å². The van der Waals surface area contributed by atoms with Crippen LogP contribution in [0.2, 0.25) is 0 Å². The standard InChI is InChI=1S/C13H19N3OS/c1-13(2,3)17-11-7-5-10(6-8-11)9-15-16-12(18)14-4/h5-9H,1-4H3,(H2,14,16,18)/b15-9+. The van der Waals surface area contributed by atoms with Gasteiger partial charge >= 0.3 is 0 Å². The van der Waals surface area contributed by atoms with E-state index in [0.717, 1.165) is 11.3 Å². The van der Waals surface area contributed by atoms with Gasteiger partial charge in [0.25, 0.3) is 0 Å². The Kier molecular flexibility index (Phi) is 5.09. The van der Waals surface area contributed by atoms with E-state index in [1.54, 1.807) is 13.3 Å². The van der Waals surface area contributed by atoms with E-state index in [1.165, 1.54) is 0 Å². The van der Waals surface area contributed by atoms with Crippen LogP contribution in [0.1, 0.15) is 26.3 Å². The van der Waals surface area contributed by atoms with Crippen LogP contribution in [0.25, 0.3) is 0 Å². The lowest BCUT2D eigenvalue weighted by Crippen LogP contribution is -2.28. The molecule has 2 N–H and O–H groups in total. The molecule has 0 unspecified atom stereocenters. The number of hydrogen-bond acceptors (Lipinski definition) is 3. The Morgan fingerprint density at radius 3 is 2.39 bits per heavy atom. The molecule has 0 fully saturated rings. The maximum Gasteiger partial charge on any atom is 0.186 e. The highest BCUT2D eigenvalue weighted by Gasteiger charge is 2.10. The van der Waals surface area contributed by atoms with Crippen molar-refractivity contribution in [3.05, 3.63) is 29.8 Å². The molecule has 0 saturated heterocycles. The number of thiocarbonyl (C=S) groups is 1. The third-order valence-corrected chi connectivity index (χ3v) is 2.21. The molecule has 1 rings (SSSR count). The number of hydrazone groups is 1. The summed E-state index contributed by atoms with van der Waals surface area (Å²) >= 11 is 4.90. The summed E-state index contributed by atoms with van der Waals surface area (Å²) < 4.78 is 5.73. The van der Waals surface area contributed by atoms with Gasteiger partial charge in [-0.25, -0.2) is 0 Å². The van der Waals surface area contributed by atoms with Crippen LogP contribution in [-0.4, -0.2) is 24.0 Å². The van der Waals surface area contributed by atoms with E-state index in [2.05, 4.69) is 15.8 Å². The van der Waals surface area contributed by atoms with Gasteiger partial charge in [0.15, 0.2) is 5.11 Å². The molecule has 0 bridgehead atoms. The predicted octanol–water partition coefficient (Wildman–Crippen LogP) is 2.29. The van der Waals surface area contributed by atoms with Crippen molar-refractivity contribution in [1.29, 1.82) is 0 Å². The van der Waals surface area contributed by atoms with Gasteiger partial charge in [0.1, 0.15) is 11.4 Å². The van der Waals surface area contributed by atoms with Crippen molar-refractivity contribution in [2.45, 2.75) is 26.4 Å². The number of ether oxygens (including phenoxy) is 1. The summed E-state index contributed by atoms with van der Waals surface area (Å²) in [5.74, 6) is 0.846. The van der Waals surface area contributed by atoms with Crippen molar-refractivity contribution < 1.29 is 4.74 Å². The van der Waals surface area contributed by atoms with Crippen LogP contribution in [-0.2, 0) is 0 Å². The molecule has 0 radical (unpaired) electrons. The Balaban J connectivity index is 2.58. The highest BCUT2D eigenvalue weighted by Crippen LogP contribution is 2.17. The number of nitrogens with zero attached hydrogens (tertiary/aromatic N) is 1. The Bertz CT molecular complexity index is 421. The fraction of sp³-hybridized carbons (Fsp3) is 0.385. The maximum absolute atomic E-state index is 5.73. The van der Waals surface area contributed by atoms with Crippen molar-refractivity contribution in [3.8, 4) is 5.75 Å². The number of hydrogen-bond donors (Lipinski definition) is 2. The molecule has 1 aromatic carbocycles. The van der Waals surface area contributed by atoms with E-state index in [0.29, 0.717) is 5.11 Å².